The lowest BCUT2D eigenvalue weighted by Crippen LogP contribution is -2.29. The number of primary amides is 1. The molecule has 9 heteroatoms. The molecular weight excluding hydrogens is 295 g/mol. The predicted octanol–water partition coefficient (Wildman–Crippen LogP) is 1.29. The molecule has 0 aliphatic rings. The Labute approximate surface area is 116 Å². The summed E-state index contributed by atoms with van der Waals surface area (Å²) < 4.78 is 1.04. The summed E-state index contributed by atoms with van der Waals surface area (Å²) in [6.45, 7) is 0. The molecule has 100 valence electrons. The summed E-state index contributed by atoms with van der Waals surface area (Å²) in [6, 6.07) is 0.0204. The van der Waals surface area contributed by atoms with Crippen LogP contribution in [0.1, 0.15) is 22.2 Å². The quantitative estimate of drug-likeness (QED) is 0.789. The molecule has 19 heavy (non-hydrogen) atoms. The minimum Gasteiger partial charge on any atom is -0.477 e. The van der Waals surface area contributed by atoms with Gasteiger partial charge in [-0.3, -0.25) is 4.79 Å². The number of carboxylic acids is 1. The molecule has 2 heterocycles. The summed E-state index contributed by atoms with van der Waals surface area (Å²) in [7, 11) is 0. The molecule has 2 rings (SSSR count). The van der Waals surface area contributed by atoms with Crippen LogP contribution < -0.4 is 5.73 Å². The molecule has 7 nitrogen and oxygen atoms in total. The van der Waals surface area contributed by atoms with Crippen molar-refractivity contribution in [3.05, 3.63) is 40.2 Å². The van der Waals surface area contributed by atoms with Crippen LogP contribution in [0.15, 0.2) is 18.6 Å². The van der Waals surface area contributed by atoms with Gasteiger partial charge >= 0.3 is 5.97 Å². The number of halogens is 2. The summed E-state index contributed by atoms with van der Waals surface area (Å²) in [6.07, 6.45) is 2.69. The Hall–Kier alpha value is -1.99. The molecule has 1 amide bonds. The van der Waals surface area contributed by atoms with E-state index in [1.807, 2.05) is 0 Å². The van der Waals surface area contributed by atoms with E-state index in [-0.39, 0.29) is 15.9 Å². The second-order valence-corrected chi connectivity index (χ2v) is 4.42. The van der Waals surface area contributed by atoms with Crippen molar-refractivity contribution in [1.82, 2.24) is 14.5 Å². The second kappa shape index (κ2) is 4.94. The van der Waals surface area contributed by atoms with Crippen molar-refractivity contribution in [1.29, 1.82) is 0 Å². The third-order valence-corrected chi connectivity index (χ3v) is 3.26. The average molecular weight is 303 g/mol. The highest BCUT2D eigenvalue weighted by molar-refractivity contribution is 6.42. The topological polar surface area (TPSA) is 114 Å². The number of hydrogen-bond acceptors (Lipinski definition) is 3. The lowest BCUT2D eigenvalue weighted by atomic mass is 10.2. The van der Waals surface area contributed by atoms with Gasteiger partial charge in [0, 0.05) is 0 Å². The first kappa shape index (κ1) is 13.4. The molecule has 2 aromatic heterocycles. The highest BCUT2D eigenvalue weighted by Crippen LogP contribution is 2.32. The third-order valence-electron chi connectivity index (χ3n) is 2.49. The first-order chi connectivity index (χ1) is 8.93. The number of carbonyl (C=O) groups is 2. The minimum atomic E-state index is -1.28. The van der Waals surface area contributed by atoms with Gasteiger partial charge in [-0.15, -0.1) is 0 Å². The van der Waals surface area contributed by atoms with E-state index in [1.54, 1.807) is 0 Å². The third kappa shape index (κ3) is 2.29. The van der Waals surface area contributed by atoms with Gasteiger partial charge in [-0.2, -0.15) is 0 Å². The molecule has 0 radical (unpaired) electrons. The number of amides is 1. The van der Waals surface area contributed by atoms with Gasteiger partial charge in [0.2, 0.25) is 5.91 Å². The van der Waals surface area contributed by atoms with Crippen LogP contribution in [-0.2, 0) is 4.79 Å². The molecule has 4 N–H and O–H groups in total. The summed E-state index contributed by atoms with van der Waals surface area (Å²) in [5.41, 5.74) is 5.37. The monoisotopic (exact) mass is 302 g/mol. The summed E-state index contributed by atoms with van der Waals surface area (Å²) >= 11 is 11.7. The van der Waals surface area contributed by atoms with Crippen molar-refractivity contribution in [2.24, 2.45) is 5.73 Å². The molecule has 0 spiro atoms. The fourth-order valence-electron chi connectivity index (χ4n) is 1.72. The summed E-state index contributed by atoms with van der Waals surface area (Å²) in [5, 5.41) is 9.05. The van der Waals surface area contributed by atoms with Crippen molar-refractivity contribution >= 4 is 35.1 Å². The van der Waals surface area contributed by atoms with E-state index < -0.39 is 17.9 Å². The molecule has 1 atom stereocenters. The number of carboxylic acid groups (broad SMARTS) is 1. The van der Waals surface area contributed by atoms with E-state index >= 15 is 0 Å². The van der Waals surface area contributed by atoms with E-state index in [1.165, 1.54) is 12.5 Å². The minimum absolute atomic E-state index is 0.0184. The van der Waals surface area contributed by atoms with Gasteiger partial charge in [-0.05, 0) is 6.07 Å². The number of nitrogens with one attached hydrogen (secondary N) is 1. The molecule has 0 aliphatic heterocycles. The van der Waals surface area contributed by atoms with Gasteiger partial charge in [0.15, 0.2) is 6.04 Å². The zero-order chi connectivity index (χ0) is 14.2. The number of H-pyrrole nitrogens is 1. The van der Waals surface area contributed by atoms with E-state index in [4.69, 9.17) is 34.0 Å². The number of aromatic nitrogens is 3. The summed E-state index contributed by atoms with van der Waals surface area (Å²) in [5.74, 6) is -2.07. The lowest BCUT2D eigenvalue weighted by molar-refractivity contribution is -0.120. The maximum Gasteiger partial charge on any atom is 0.352 e. The van der Waals surface area contributed by atoms with Gasteiger partial charge < -0.3 is 20.4 Å². The van der Waals surface area contributed by atoms with E-state index in [9.17, 15) is 9.59 Å². The fraction of sp³-hybridized carbons (Fsp3) is 0.100. The largest absolute Gasteiger partial charge is 0.477 e. The highest BCUT2D eigenvalue weighted by Gasteiger charge is 2.29. The Bertz CT molecular complexity index is 635. The number of carbonyl (C=O) groups excluding carboxylic acids is 1. The zero-order valence-corrected chi connectivity index (χ0v) is 10.8. The standard InChI is InChI=1S/C10H8Cl2N4O3/c11-4-1-6(10(18)19)16(8(4)12)7(9(13)17)5-2-14-3-15-5/h1-3,7H,(H2,13,17)(H,14,15)(H,18,19). The van der Waals surface area contributed by atoms with Crippen molar-refractivity contribution in [3.8, 4) is 0 Å². The highest BCUT2D eigenvalue weighted by atomic mass is 35.5. The average Bonchev–Trinajstić information content (AvgIpc) is 2.92. The predicted molar refractivity (Wildman–Crippen MR) is 67.3 cm³/mol. The molecule has 0 saturated heterocycles. The number of hydrogen-bond donors (Lipinski definition) is 3. The van der Waals surface area contributed by atoms with Crippen LogP contribution in [0.3, 0.4) is 0 Å². The van der Waals surface area contributed by atoms with Crippen LogP contribution in [0.4, 0.5) is 0 Å². The van der Waals surface area contributed by atoms with Gasteiger partial charge in [-0.25, -0.2) is 9.78 Å². The summed E-state index contributed by atoms with van der Waals surface area (Å²) in [4.78, 5) is 29.2. The van der Waals surface area contributed by atoms with Gasteiger partial charge in [-0.1, -0.05) is 23.2 Å². The number of aromatic amines is 1. The van der Waals surface area contributed by atoms with Crippen LogP contribution in [0.25, 0.3) is 0 Å². The molecule has 0 saturated carbocycles. The Morgan fingerprint density at radius 1 is 1.47 bits per heavy atom. The molecule has 0 bridgehead atoms. The van der Waals surface area contributed by atoms with Crippen molar-refractivity contribution in [2.75, 3.05) is 0 Å². The van der Waals surface area contributed by atoms with Crippen LogP contribution in [0.5, 0.6) is 0 Å². The van der Waals surface area contributed by atoms with Crippen molar-refractivity contribution in [2.45, 2.75) is 6.04 Å². The number of aromatic carboxylic acids is 1. The SMILES string of the molecule is NC(=O)C(c1cnc[nH]1)n1c(C(=O)O)cc(Cl)c1Cl. The van der Waals surface area contributed by atoms with Crippen LogP contribution in [0, 0.1) is 0 Å². The number of imidazole rings is 1. The van der Waals surface area contributed by atoms with Crippen molar-refractivity contribution < 1.29 is 14.7 Å². The molecule has 0 aromatic carbocycles. The lowest BCUT2D eigenvalue weighted by Gasteiger charge is -2.17. The molecule has 2 aromatic rings. The number of nitrogens with two attached hydrogens (primary N) is 1. The Morgan fingerprint density at radius 2 is 2.16 bits per heavy atom. The first-order valence-corrected chi connectivity index (χ1v) is 5.76. The Morgan fingerprint density at radius 3 is 2.63 bits per heavy atom. The van der Waals surface area contributed by atoms with E-state index in [0.717, 1.165) is 10.6 Å². The Balaban J connectivity index is 2.67. The van der Waals surface area contributed by atoms with Crippen molar-refractivity contribution in [3.63, 3.8) is 0 Å². The van der Waals surface area contributed by atoms with E-state index in [2.05, 4.69) is 9.97 Å². The molecular formula is C10H8Cl2N4O3. The maximum absolute atomic E-state index is 11.6. The molecule has 0 fully saturated rings. The molecule has 0 aliphatic carbocycles. The van der Waals surface area contributed by atoms with Crippen LogP contribution >= 0.6 is 23.2 Å². The normalized spacial score (nSPS) is 12.3. The fourth-order valence-corrected chi connectivity index (χ4v) is 2.16. The smallest absolute Gasteiger partial charge is 0.352 e. The van der Waals surface area contributed by atoms with Crippen LogP contribution in [0.2, 0.25) is 10.2 Å². The van der Waals surface area contributed by atoms with Gasteiger partial charge in [0.1, 0.15) is 10.8 Å². The number of nitrogens with zero attached hydrogens (tertiary/aromatic N) is 2. The number of rotatable bonds is 4. The molecule has 1 unspecified atom stereocenters. The first-order valence-electron chi connectivity index (χ1n) is 5.00. The maximum atomic E-state index is 11.6. The Kier molecular flexibility index (Phi) is 3.50. The van der Waals surface area contributed by atoms with Gasteiger partial charge in [0.25, 0.3) is 0 Å². The van der Waals surface area contributed by atoms with E-state index in [0.29, 0.717) is 5.69 Å². The zero-order valence-electron chi connectivity index (χ0n) is 9.30. The van der Waals surface area contributed by atoms with Gasteiger partial charge in [0.05, 0.1) is 23.2 Å². The van der Waals surface area contributed by atoms with Crippen LogP contribution in [-0.4, -0.2) is 31.5 Å². The second-order valence-electron chi connectivity index (χ2n) is 3.66.